The van der Waals surface area contributed by atoms with Crippen molar-refractivity contribution in [2.24, 2.45) is 5.92 Å². The molecule has 5 aromatic rings. The summed E-state index contributed by atoms with van der Waals surface area (Å²) in [5.41, 5.74) is 3.83. The van der Waals surface area contributed by atoms with Gasteiger partial charge in [-0.05, 0) is 64.0 Å². The van der Waals surface area contributed by atoms with Crippen LogP contribution in [0.1, 0.15) is 46.9 Å². The molecule has 2 aliphatic heterocycles. The van der Waals surface area contributed by atoms with Crippen molar-refractivity contribution in [2.45, 2.75) is 39.3 Å². The molecular weight excluding hydrogens is 532 g/mol. The van der Waals surface area contributed by atoms with Crippen LogP contribution in [0.2, 0.25) is 0 Å². The molecule has 0 spiro atoms. The summed E-state index contributed by atoms with van der Waals surface area (Å²) >= 11 is 0. The van der Waals surface area contributed by atoms with Gasteiger partial charge in [0.25, 0.3) is 11.8 Å². The van der Waals surface area contributed by atoms with Gasteiger partial charge in [-0.3, -0.25) is 19.7 Å². The Morgan fingerprint density at radius 2 is 1.64 bits per heavy atom. The van der Waals surface area contributed by atoms with Gasteiger partial charge in [-0.1, -0.05) is 12.1 Å². The maximum atomic E-state index is 13.4. The number of hydrogen-bond donors (Lipinski definition) is 1. The number of nitrogens with zero attached hydrogens (tertiary/aromatic N) is 3. The van der Waals surface area contributed by atoms with Crippen molar-refractivity contribution in [1.29, 1.82) is 0 Å². The number of aryl methyl sites for hydroxylation is 2. The lowest BCUT2D eigenvalue weighted by atomic mass is 9.93. The second-order valence-corrected chi connectivity index (χ2v) is 11.3. The number of benzene rings is 3. The minimum atomic E-state index is -0.350. The average Bonchev–Trinajstić information content (AvgIpc) is 3.67. The van der Waals surface area contributed by atoms with Gasteiger partial charge in [0.2, 0.25) is 0 Å². The number of carbonyl (C=O) groups excluding carboxylic acids is 3. The van der Waals surface area contributed by atoms with E-state index < -0.39 is 0 Å². The second-order valence-electron chi connectivity index (χ2n) is 11.3. The summed E-state index contributed by atoms with van der Waals surface area (Å²) in [4.78, 5) is 41.2. The summed E-state index contributed by atoms with van der Waals surface area (Å²) in [6.07, 6.45) is 4.55. The van der Waals surface area contributed by atoms with Gasteiger partial charge in [0.15, 0.2) is 0 Å². The fourth-order valence-corrected chi connectivity index (χ4v) is 7.18. The number of ether oxygens (including phenoxy) is 2. The zero-order valence-electron chi connectivity index (χ0n) is 24.2. The number of aromatic nitrogens is 2. The van der Waals surface area contributed by atoms with Crippen molar-refractivity contribution in [3.05, 3.63) is 53.7 Å². The second kappa shape index (κ2) is 10.2. The number of esters is 1. The molecule has 0 atom stereocenters. The molecule has 1 fully saturated rings. The topological polar surface area (TPSA) is 94.8 Å². The first kappa shape index (κ1) is 26.5. The van der Waals surface area contributed by atoms with E-state index in [0.717, 1.165) is 101 Å². The van der Waals surface area contributed by atoms with Crippen LogP contribution in [-0.2, 0) is 22.6 Å². The van der Waals surface area contributed by atoms with Gasteiger partial charge in [-0.25, -0.2) is 0 Å². The highest BCUT2D eigenvalue weighted by Crippen LogP contribution is 2.44. The van der Waals surface area contributed by atoms with E-state index in [2.05, 4.69) is 44.5 Å². The fraction of sp³-hybridized carbons (Fsp3) is 0.364. The fourth-order valence-electron chi connectivity index (χ4n) is 7.18. The molecule has 3 aromatic carbocycles. The highest BCUT2D eigenvalue weighted by molar-refractivity contribution is 6.39. The summed E-state index contributed by atoms with van der Waals surface area (Å²) in [6.45, 7) is 6.18. The molecule has 9 heteroatoms. The Kier molecular flexibility index (Phi) is 6.42. The van der Waals surface area contributed by atoms with Crippen LogP contribution in [0.25, 0.3) is 43.5 Å². The predicted octanol–water partition coefficient (Wildman–Crippen LogP) is 5.09. The molecule has 2 aliphatic rings. The summed E-state index contributed by atoms with van der Waals surface area (Å²) in [5.74, 6) is -0.0866. The molecule has 9 nitrogen and oxygen atoms in total. The van der Waals surface area contributed by atoms with Crippen LogP contribution in [0.15, 0.2) is 42.6 Å². The van der Waals surface area contributed by atoms with Crippen LogP contribution in [0.3, 0.4) is 0 Å². The molecule has 0 radical (unpaired) electrons. The van der Waals surface area contributed by atoms with E-state index >= 15 is 0 Å². The van der Waals surface area contributed by atoms with Crippen LogP contribution < -0.4 is 10.1 Å². The largest absolute Gasteiger partial charge is 0.497 e. The van der Waals surface area contributed by atoms with E-state index in [0.29, 0.717) is 11.1 Å². The van der Waals surface area contributed by atoms with E-state index in [4.69, 9.17) is 9.47 Å². The van der Waals surface area contributed by atoms with E-state index in [9.17, 15) is 14.4 Å². The number of imide groups is 1. The summed E-state index contributed by atoms with van der Waals surface area (Å²) in [7, 11) is 3.11. The zero-order valence-corrected chi connectivity index (χ0v) is 24.2. The summed E-state index contributed by atoms with van der Waals surface area (Å²) in [6, 6.07) is 12.2. The lowest BCUT2D eigenvalue weighted by Crippen LogP contribution is -2.37. The number of likely N-dealkylation sites (tertiary alicyclic amines) is 1. The minimum absolute atomic E-state index is 0.0164. The molecule has 0 saturated carbocycles. The molecule has 0 aliphatic carbocycles. The van der Waals surface area contributed by atoms with Crippen LogP contribution in [0, 0.1) is 5.92 Å². The molecule has 216 valence electrons. The molecule has 2 aromatic heterocycles. The Labute approximate surface area is 242 Å². The van der Waals surface area contributed by atoms with Crippen LogP contribution in [0.4, 0.5) is 0 Å². The monoisotopic (exact) mass is 566 g/mol. The normalized spacial score (nSPS) is 16.2. The highest BCUT2D eigenvalue weighted by Gasteiger charge is 2.35. The van der Waals surface area contributed by atoms with Gasteiger partial charge in [-0.15, -0.1) is 0 Å². The number of piperidine rings is 1. The maximum absolute atomic E-state index is 13.4. The third-order valence-corrected chi connectivity index (χ3v) is 9.21. The first-order valence-electron chi connectivity index (χ1n) is 14.7. The van der Waals surface area contributed by atoms with Crippen LogP contribution >= 0.6 is 0 Å². The molecule has 0 unspecified atom stereocenters. The van der Waals surface area contributed by atoms with E-state index in [1.165, 1.54) is 7.11 Å². The number of nitrogens with one attached hydrogen (secondary N) is 1. The molecule has 7 rings (SSSR count). The first-order valence-corrected chi connectivity index (χ1v) is 14.7. The highest BCUT2D eigenvalue weighted by atomic mass is 16.5. The number of amides is 2. The maximum Gasteiger partial charge on any atom is 0.308 e. The van der Waals surface area contributed by atoms with Gasteiger partial charge >= 0.3 is 5.97 Å². The summed E-state index contributed by atoms with van der Waals surface area (Å²) < 4.78 is 15.0. The van der Waals surface area contributed by atoms with Crippen molar-refractivity contribution in [1.82, 2.24) is 19.4 Å². The van der Waals surface area contributed by atoms with Crippen molar-refractivity contribution < 1.29 is 23.9 Å². The number of methoxy groups -OCH3 is 2. The number of fused-ring (bicyclic) bond motifs is 10. The Hall–Kier alpha value is -4.37. The predicted molar refractivity (Wildman–Crippen MR) is 162 cm³/mol. The quantitative estimate of drug-likeness (QED) is 0.218. The van der Waals surface area contributed by atoms with Crippen molar-refractivity contribution in [2.75, 3.05) is 33.9 Å². The smallest absolute Gasteiger partial charge is 0.308 e. The lowest BCUT2D eigenvalue weighted by molar-refractivity contribution is -0.147. The standard InChI is InChI=1S/C33H34N4O5/c1-4-36-17-12-19-6-8-23-26(29(19)36)28-27(31(38)34-32(28)39)25-22-9-7-21(41-2)18-24(22)37(30(23)25)14-5-13-35-15-10-20(11-16-35)33(40)42-3/h6-9,12,17-18,20H,4-5,10-11,13-16H2,1-3H3,(H,34,38,39). The SMILES string of the molecule is CCn1ccc2ccc3c(c4c(c5c6ccc(OC)cc6n(CCCN6CCC(C(=O)OC)CC6)c35)C(=O)NC4=O)c21. The Balaban J connectivity index is 1.40. The zero-order chi connectivity index (χ0) is 29.1. The lowest BCUT2D eigenvalue weighted by Gasteiger charge is -2.30. The number of rotatable bonds is 7. The van der Waals surface area contributed by atoms with E-state index in [-0.39, 0.29) is 23.7 Å². The third kappa shape index (κ3) is 3.90. The van der Waals surface area contributed by atoms with Crippen LogP contribution in [-0.4, -0.2) is 65.7 Å². The van der Waals surface area contributed by atoms with Gasteiger partial charge in [0.05, 0.1) is 47.8 Å². The van der Waals surface area contributed by atoms with E-state index in [1.54, 1.807) is 7.11 Å². The van der Waals surface area contributed by atoms with Crippen molar-refractivity contribution in [3.8, 4) is 5.75 Å². The third-order valence-electron chi connectivity index (χ3n) is 9.21. The Morgan fingerprint density at radius 1 is 0.929 bits per heavy atom. The van der Waals surface area contributed by atoms with E-state index in [1.807, 2.05) is 24.4 Å². The first-order chi connectivity index (χ1) is 20.4. The van der Waals surface area contributed by atoms with Crippen molar-refractivity contribution >= 4 is 61.3 Å². The molecule has 4 heterocycles. The van der Waals surface area contributed by atoms with Crippen LogP contribution in [0.5, 0.6) is 5.75 Å². The van der Waals surface area contributed by atoms with Gasteiger partial charge in [0, 0.05) is 52.3 Å². The molecular formula is C33H34N4O5. The van der Waals surface area contributed by atoms with Gasteiger partial charge in [-0.2, -0.15) is 0 Å². The van der Waals surface area contributed by atoms with Crippen molar-refractivity contribution in [3.63, 3.8) is 0 Å². The van der Waals surface area contributed by atoms with Gasteiger partial charge < -0.3 is 23.5 Å². The molecule has 1 N–H and O–H groups in total. The minimum Gasteiger partial charge on any atom is -0.497 e. The molecule has 2 amide bonds. The Bertz CT molecular complexity index is 1930. The Morgan fingerprint density at radius 3 is 2.33 bits per heavy atom. The molecule has 42 heavy (non-hydrogen) atoms. The average molecular weight is 567 g/mol. The number of carbonyl (C=O) groups is 3. The molecule has 1 saturated heterocycles. The number of hydrogen-bond acceptors (Lipinski definition) is 6. The molecule has 0 bridgehead atoms. The summed E-state index contributed by atoms with van der Waals surface area (Å²) in [5, 5.41) is 7.17. The van der Waals surface area contributed by atoms with Gasteiger partial charge in [0.1, 0.15) is 5.75 Å².